The van der Waals surface area contributed by atoms with Crippen LogP contribution in [0, 0.1) is 24.7 Å². The van der Waals surface area contributed by atoms with E-state index in [0.29, 0.717) is 0 Å². The maximum Gasteiger partial charge on any atom is 0.0793 e. The van der Waals surface area contributed by atoms with Crippen LogP contribution in [-0.4, -0.2) is 10.1 Å². The van der Waals surface area contributed by atoms with Crippen LogP contribution in [0.5, 0.6) is 0 Å². The van der Waals surface area contributed by atoms with E-state index >= 15 is 0 Å². The van der Waals surface area contributed by atoms with Gasteiger partial charge in [0.25, 0.3) is 0 Å². The van der Waals surface area contributed by atoms with Crippen molar-refractivity contribution >= 4 is 10.9 Å². The van der Waals surface area contributed by atoms with E-state index in [1.54, 1.807) is 0 Å². The van der Waals surface area contributed by atoms with Gasteiger partial charge in [0.05, 0.1) is 11.6 Å². The van der Waals surface area contributed by atoms with Crippen LogP contribution in [0.15, 0.2) is 30.3 Å². The summed E-state index contributed by atoms with van der Waals surface area (Å²) in [5.74, 6) is 2.58. The van der Waals surface area contributed by atoms with Crippen molar-refractivity contribution in [3.8, 4) is 0 Å². The molecule has 4 rings (SSSR count). The molecule has 4 atom stereocenters. The molecule has 2 fully saturated rings. The van der Waals surface area contributed by atoms with Crippen molar-refractivity contribution < 1.29 is 5.11 Å². The Bertz CT molecular complexity index is 666. The molecule has 1 heterocycles. The molecule has 0 aliphatic heterocycles. The summed E-state index contributed by atoms with van der Waals surface area (Å²) in [6.45, 7) is 2.01. The standard InChI is InChI=1S/C19H23NO/c1-12-2-4-15-10-16(6-7-18(15)20-12)19(21)11-17-9-13-3-5-14(17)8-13/h2,4,6-7,10,13-14,17,19,21H,3,5,8-9,11H2,1H3. The number of aryl methyl sites for hydroxylation is 1. The number of aromatic nitrogens is 1. The van der Waals surface area contributed by atoms with Crippen molar-refractivity contribution in [2.24, 2.45) is 17.8 Å². The Balaban J connectivity index is 1.53. The van der Waals surface area contributed by atoms with Gasteiger partial charge in [-0.1, -0.05) is 18.6 Å². The summed E-state index contributed by atoms with van der Waals surface area (Å²) in [5, 5.41) is 11.7. The van der Waals surface area contributed by atoms with Crippen LogP contribution >= 0.6 is 0 Å². The summed E-state index contributed by atoms with van der Waals surface area (Å²) in [7, 11) is 0. The Kier molecular flexibility index (Phi) is 3.22. The first-order chi connectivity index (χ1) is 10.2. The molecular weight excluding hydrogens is 258 g/mol. The van der Waals surface area contributed by atoms with Gasteiger partial charge in [0.15, 0.2) is 0 Å². The van der Waals surface area contributed by atoms with Gasteiger partial charge in [-0.15, -0.1) is 0 Å². The molecule has 4 unspecified atom stereocenters. The van der Waals surface area contributed by atoms with E-state index in [1.165, 1.54) is 25.7 Å². The molecule has 0 radical (unpaired) electrons. The zero-order valence-corrected chi connectivity index (χ0v) is 12.6. The lowest BCUT2D eigenvalue weighted by molar-refractivity contribution is 0.125. The van der Waals surface area contributed by atoms with E-state index in [9.17, 15) is 5.11 Å². The number of benzene rings is 1. The number of aliphatic hydroxyl groups excluding tert-OH is 1. The van der Waals surface area contributed by atoms with Gasteiger partial charge in [-0.05, 0) is 74.1 Å². The summed E-state index contributed by atoms with van der Waals surface area (Å²) < 4.78 is 0. The van der Waals surface area contributed by atoms with Crippen molar-refractivity contribution in [2.45, 2.75) is 45.1 Å². The molecule has 2 saturated carbocycles. The van der Waals surface area contributed by atoms with Crippen LogP contribution in [0.2, 0.25) is 0 Å². The SMILES string of the molecule is Cc1ccc2cc(C(O)CC3CC4CCC3C4)ccc2n1. The fraction of sp³-hybridized carbons (Fsp3) is 0.526. The number of fused-ring (bicyclic) bond motifs is 3. The minimum atomic E-state index is -0.319. The molecule has 2 aliphatic carbocycles. The van der Waals surface area contributed by atoms with E-state index in [0.717, 1.165) is 46.3 Å². The number of pyridine rings is 1. The Morgan fingerprint density at radius 1 is 1.19 bits per heavy atom. The predicted molar refractivity (Wildman–Crippen MR) is 85.0 cm³/mol. The third-order valence-corrected chi connectivity index (χ3v) is 5.65. The summed E-state index contributed by atoms with van der Waals surface area (Å²) in [6, 6.07) is 10.3. The fourth-order valence-corrected chi connectivity index (χ4v) is 4.54. The van der Waals surface area contributed by atoms with Crippen LogP contribution in [0.1, 0.15) is 49.5 Å². The highest BCUT2D eigenvalue weighted by molar-refractivity contribution is 5.79. The summed E-state index contributed by atoms with van der Waals surface area (Å²) >= 11 is 0. The average Bonchev–Trinajstić information content (AvgIpc) is 3.09. The molecule has 1 aromatic carbocycles. The topological polar surface area (TPSA) is 33.1 Å². The van der Waals surface area contributed by atoms with E-state index in [1.807, 2.05) is 25.1 Å². The number of hydrogen-bond acceptors (Lipinski definition) is 2. The molecule has 1 aromatic heterocycles. The fourth-order valence-electron chi connectivity index (χ4n) is 4.54. The smallest absolute Gasteiger partial charge is 0.0793 e. The van der Waals surface area contributed by atoms with Crippen molar-refractivity contribution in [3.63, 3.8) is 0 Å². The zero-order valence-electron chi connectivity index (χ0n) is 12.6. The molecule has 0 saturated heterocycles. The van der Waals surface area contributed by atoms with E-state index in [4.69, 9.17) is 0 Å². The van der Waals surface area contributed by atoms with Crippen molar-refractivity contribution in [2.75, 3.05) is 0 Å². The second-order valence-corrected chi connectivity index (χ2v) is 7.09. The normalized spacial score (nSPS) is 29.1. The maximum absolute atomic E-state index is 10.6. The lowest BCUT2D eigenvalue weighted by atomic mass is 9.83. The van der Waals surface area contributed by atoms with Gasteiger partial charge in [-0.25, -0.2) is 0 Å². The average molecular weight is 281 g/mol. The molecule has 0 amide bonds. The molecule has 0 spiro atoms. The molecule has 2 aliphatic rings. The monoisotopic (exact) mass is 281 g/mol. The number of rotatable bonds is 3. The van der Waals surface area contributed by atoms with Crippen LogP contribution < -0.4 is 0 Å². The number of nitrogens with zero attached hydrogens (tertiary/aromatic N) is 1. The predicted octanol–water partition coefficient (Wildman–Crippen LogP) is 4.40. The van der Waals surface area contributed by atoms with Gasteiger partial charge in [-0.2, -0.15) is 0 Å². The minimum absolute atomic E-state index is 0.319. The first kappa shape index (κ1) is 13.3. The first-order valence-electron chi connectivity index (χ1n) is 8.24. The van der Waals surface area contributed by atoms with Crippen LogP contribution in [0.3, 0.4) is 0 Å². The highest BCUT2D eigenvalue weighted by Crippen LogP contribution is 2.50. The minimum Gasteiger partial charge on any atom is -0.388 e. The third kappa shape index (κ3) is 2.46. The van der Waals surface area contributed by atoms with Gasteiger partial charge in [0.1, 0.15) is 0 Å². The molecule has 2 nitrogen and oxygen atoms in total. The van der Waals surface area contributed by atoms with E-state index < -0.39 is 0 Å². The van der Waals surface area contributed by atoms with Gasteiger partial charge in [-0.3, -0.25) is 4.98 Å². The summed E-state index contributed by atoms with van der Waals surface area (Å²) in [4.78, 5) is 4.53. The Morgan fingerprint density at radius 2 is 2.10 bits per heavy atom. The molecular formula is C19H23NO. The van der Waals surface area contributed by atoms with Gasteiger partial charge in [0.2, 0.25) is 0 Å². The molecule has 2 aromatic rings. The van der Waals surface area contributed by atoms with E-state index in [2.05, 4.69) is 17.1 Å². The first-order valence-corrected chi connectivity index (χ1v) is 8.24. The van der Waals surface area contributed by atoms with Crippen LogP contribution in [0.25, 0.3) is 10.9 Å². The quantitative estimate of drug-likeness (QED) is 0.904. The van der Waals surface area contributed by atoms with Gasteiger partial charge < -0.3 is 5.11 Å². The Labute approximate surface area is 126 Å². The van der Waals surface area contributed by atoms with Crippen LogP contribution in [0.4, 0.5) is 0 Å². The summed E-state index contributed by atoms with van der Waals surface area (Å²) in [5.41, 5.74) is 3.11. The largest absolute Gasteiger partial charge is 0.388 e. The van der Waals surface area contributed by atoms with E-state index in [-0.39, 0.29) is 6.10 Å². The lowest BCUT2D eigenvalue weighted by Gasteiger charge is -2.24. The number of hydrogen-bond donors (Lipinski definition) is 1. The molecule has 1 N–H and O–H groups in total. The van der Waals surface area contributed by atoms with Gasteiger partial charge >= 0.3 is 0 Å². The molecule has 21 heavy (non-hydrogen) atoms. The molecule has 2 bridgehead atoms. The highest BCUT2D eigenvalue weighted by atomic mass is 16.3. The van der Waals surface area contributed by atoms with Crippen molar-refractivity contribution in [1.29, 1.82) is 0 Å². The Morgan fingerprint density at radius 3 is 2.86 bits per heavy atom. The summed E-state index contributed by atoms with van der Waals surface area (Å²) in [6.07, 6.45) is 6.20. The van der Waals surface area contributed by atoms with Gasteiger partial charge in [0, 0.05) is 11.1 Å². The molecule has 2 heteroatoms. The van der Waals surface area contributed by atoms with Crippen molar-refractivity contribution in [1.82, 2.24) is 4.98 Å². The highest BCUT2D eigenvalue weighted by Gasteiger charge is 2.40. The third-order valence-electron chi connectivity index (χ3n) is 5.65. The Hall–Kier alpha value is -1.41. The second-order valence-electron chi connectivity index (χ2n) is 7.09. The van der Waals surface area contributed by atoms with Crippen LogP contribution in [-0.2, 0) is 0 Å². The number of aliphatic hydroxyl groups is 1. The lowest BCUT2D eigenvalue weighted by Crippen LogP contribution is -2.14. The van der Waals surface area contributed by atoms with Crippen molar-refractivity contribution in [3.05, 3.63) is 41.6 Å². The second kappa shape index (κ2) is 5.10. The maximum atomic E-state index is 10.6. The zero-order chi connectivity index (χ0) is 14.4. The molecule has 110 valence electrons.